The van der Waals surface area contributed by atoms with Crippen molar-refractivity contribution in [2.75, 3.05) is 26.0 Å². The van der Waals surface area contributed by atoms with Crippen LogP contribution in [-0.2, 0) is 9.53 Å². The van der Waals surface area contributed by atoms with Gasteiger partial charge in [-0.15, -0.1) is 0 Å². The van der Waals surface area contributed by atoms with Crippen LogP contribution in [0.2, 0.25) is 0 Å². The molecule has 32 heavy (non-hydrogen) atoms. The molecule has 0 saturated carbocycles. The Morgan fingerprint density at radius 3 is 2.81 bits per heavy atom. The van der Waals surface area contributed by atoms with E-state index in [9.17, 15) is 14.0 Å². The van der Waals surface area contributed by atoms with Gasteiger partial charge in [0, 0.05) is 30.8 Å². The Hall–Kier alpha value is -3.20. The van der Waals surface area contributed by atoms with Crippen molar-refractivity contribution in [1.82, 2.24) is 14.9 Å². The number of piperidine rings is 1. The summed E-state index contributed by atoms with van der Waals surface area (Å²) in [5.74, 6) is -0.698. The van der Waals surface area contributed by atoms with Crippen molar-refractivity contribution in [2.24, 2.45) is 0 Å². The zero-order valence-corrected chi connectivity index (χ0v) is 18.3. The van der Waals surface area contributed by atoms with E-state index in [2.05, 4.69) is 4.98 Å². The second-order valence-electron chi connectivity index (χ2n) is 7.43. The van der Waals surface area contributed by atoms with Crippen molar-refractivity contribution in [3.05, 3.63) is 66.1 Å². The van der Waals surface area contributed by atoms with E-state index in [0.29, 0.717) is 23.8 Å². The van der Waals surface area contributed by atoms with Gasteiger partial charge in [0.25, 0.3) is 5.91 Å². The van der Waals surface area contributed by atoms with Crippen LogP contribution in [0.1, 0.15) is 34.8 Å². The highest BCUT2D eigenvalue weighted by molar-refractivity contribution is 7.99. The van der Waals surface area contributed by atoms with Crippen LogP contribution in [0.3, 0.4) is 0 Å². The van der Waals surface area contributed by atoms with Gasteiger partial charge in [-0.25, -0.2) is 14.4 Å². The van der Waals surface area contributed by atoms with E-state index < -0.39 is 0 Å². The van der Waals surface area contributed by atoms with Crippen LogP contribution in [0.15, 0.2) is 58.6 Å². The van der Waals surface area contributed by atoms with Crippen LogP contribution >= 0.6 is 11.8 Å². The van der Waals surface area contributed by atoms with Gasteiger partial charge in [0.1, 0.15) is 12.1 Å². The summed E-state index contributed by atoms with van der Waals surface area (Å²) in [7, 11) is 1.33. The van der Waals surface area contributed by atoms with Crippen molar-refractivity contribution in [2.45, 2.75) is 23.9 Å². The number of halogens is 1. The topological polar surface area (TPSA) is 85.5 Å². The molecule has 9 heteroatoms. The number of ether oxygens (including phenoxy) is 1. The number of amides is 1. The summed E-state index contributed by atoms with van der Waals surface area (Å²) in [5.41, 5.74) is 2.88. The third kappa shape index (κ3) is 4.99. The van der Waals surface area contributed by atoms with E-state index in [1.54, 1.807) is 29.3 Å². The summed E-state index contributed by atoms with van der Waals surface area (Å²) in [6.45, 7) is 1.15. The molecule has 3 heterocycles. The third-order valence-corrected chi connectivity index (χ3v) is 6.20. The first kappa shape index (κ1) is 22.0. The number of rotatable bonds is 6. The quantitative estimate of drug-likeness (QED) is 0.313. The van der Waals surface area contributed by atoms with Gasteiger partial charge in [-0.1, -0.05) is 23.9 Å². The monoisotopic (exact) mass is 455 g/mol. The second kappa shape index (κ2) is 9.95. The molecule has 1 aliphatic heterocycles. The van der Waals surface area contributed by atoms with E-state index in [1.165, 1.54) is 43.5 Å². The van der Waals surface area contributed by atoms with Crippen molar-refractivity contribution in [1.29, 1.82) is 0 Å². The third-order valence-electron chi connectivity index (χ3n) is 5.36. The Balaban J connectivity index is 1.64. The number of nitrogens with zero attached hydrogens (tertiary/aromatic N) is 3. The molecule has 1 atom stereocenters. The fourth-order valence-corrected chi connectivity index (χ4v) is 4.40. The summed E-state index contributed by atoms with van der Waals surface area (Å²) in [6.07, 6.45) is 6.30. The minimum atomic E-state index is -0.364. The van der Waals surface area contributed by atoms with Crippen molar-refractivity contribution in [3.63, 3.8) is 0 Å². The first-order valence-electron chi connectivity index (χ1n) is 10.2. The minimum Gasteiger partial charge on any atom is -0.472 e. The maximum atomic E-state index is 13.5. The molecule has 2 aromatic heterocycles. The molecule has 166 valence electrons. The lowest BCUT2D eigenvalue weighted by molar-refractivity contribution is -0.137. The number of hydrogen-bond acceptors (Lipinski definition) is 7. The van der Waals surface area contributed by atoms with Gasteiger partial charge >= 0.3 is 5.97 Å². The summed E-state index contributed by atoms with van der Waals surface area (Å²) < 4.78 is 23.2. The average molecular weight is 456 g/mol. The first-order chi connectivity index (χ1) is 15.5. The molecule has 0 aliphatic carbocycles. The largest absolute Gasteiger partial charge is 0.472 e. The number of likely N-dealkylation sites (tertiary alicyclic amines) is 1. The normalized spacial score (nSPS) is 16.1. The molecule has 0 spiro atoms. The molecule has 1 saturated heterocycles. The molecule has 7 nitrogen and oxygen atoms in total. The number of aromatic nitrogens is 2. The van der Waals surface area contributed by atoms with Crippen LogP contribution in [0.5, 0.6) is 0 Å². The van der Waals surface area contributed by atoms with Gasteiger partial charge in [0.15, 0.2) is 5.16 Å². The molecule has 1 aromatic carbocycles. The fraction of sp³-hybridized carbons (Fsp3) is 0.304. The average Bonchev–Trinajstić information content (AvgIpc) is 3.37. The number of thioether (sulfide) groups is 1. The van der Waals surface area contributed by atoms with Gasteiger partial charge in [-0.05, 0) is 36.6 Å². The Morgan fingerprint density at radius 1 is 1.28 bits per heavy atom. The minimum absolute atomic E-state index is 0.0277. The van der Waals surface area contributed by atoms with E-state index in [1.807, 2.05) is 0 Å². The molecular formula is C23H22FN3O4S. The van der Waals surface area contributed by atoms with Gasteiger partial charge in [-0.3, -0.25) is 9.59 Å². The molecular weight excluding hydrogens is 433 g/mol. The molecule has 3 aromatic rings. The molecule has 1 amide bonds. The Kier molecular flexibility index (Phi) is 6.84. The van der Waals surface area contributed by atoms with Crippen LogP contribution < -0.4 is 0 Å². The Morgan fingerprint density at radius 2 is 2.09 bits per heavy atom. The van der Waals surface area contributed by atoms with Crippen LogP contribution in [0.4, 0.5) is 4.39 Å². The zero-order chi connectivity index (χ0) is 22.5. The lowest BCUT2D eigenvalue weighted by Gasteiger charge is -2.33. The predicted octanol–water partition coefficient (Wildman–Crippen LogP) is 4.16. The van der Waals surface area contributed by atoms with Crippen molar-refractivity contribution >= 4 is 23.6 Å². The van der Waals surface area contributed by atoms with Gasteiger partial charge in [-0.2, -0.15) is 0 Å². The lowest BCUT2D eigenvalue weighted by atomic mass is 9.89. The number of hydrogen-bond donors (Lipinski definition) is 0. The summed E-state index contributed by atoms with van der Waals surface area (Å²) in [5, 5.41) is 0.453. The molecule has 1 aliphatic rings. The maximum Gasteiger partial charge on any atom is 0.316 e. The summed E-state index contributed by atoms with van der Waals surface area (Å²) in [6, 6.07) is 7.83. The van der Waals surface area contributed by atoms with E-state index in [-0.39, 0.29) is 29.4 Å². The summed E-state index contributed by atoms with van der Waals surface area (Å²) in [4.78, 5) is 35.3. The zero-order valence-electron chi connectivity index (χ0n) is 17.5. The predicted molar refractivity (Wildman–Crippen MR) is 117 cm³/mol. The van der Waals surface area contributed by atoms with Gasteiger partial charge in [0.2, 0.25) is 0 Å². The molecule has 1 fully saturated rings. The number of carbonyl (C=O) groups excluding carboxylic acids is 2. The Bertz CT molecular complexity index is 1090. The van der Waals surface area contributed by atoms with E-state index in [4.69, 9.17) is 14.1 Å². The molecule has 4 rings (SSSR count). The lowest BCUT2D eigenvalue weighted by Crippen LogP contribution is -2.39. The number of methoxy groups -OCH3 is 1. The molecule has 0 unspecified atom stereocenters. The highest BCUT2D eigenvalue weighted by Crippen LogP contribution is 2.34. The maximum absolute atomic E-state index is 13.5. The molecule has 0 N–H and O–H groups in total. The number of furan rings is 1. The standard InChI is InChI=1S/C23H22FN3O4S/c1-30-20(28)14-32-23-25-11-19(15-4-6-18(24)7-5-15)21(26-23)16-3-2-9-27(12-16)22(29)17-8-10-31-13-17/h4-8,10-11,13,16H,2-3,9,12,14H2,1H3/t16-/m0/s1. The molecule has 0 bridgehead atoms. The fourth-order valence-electron chi connectivity index (χ4n) is 3.75. The van der Waals surface area contributed by atoms with Crippen LogP contribution in [0, 0.1) is 5.82 Å². The second-order valence-corrected chi connectivity index (χ2v) is 8.37. The smallest absolute Gasteiger partial charge is 0.316 e. The van der Waals surface area contributed by atoms with E-state index >= 15 is 0 Å². The SMILES string of the molecule is COC(=O)CSc1ncc(-c2ccc(F)cc2)c([C@H]2CCCN(C(=O)c3ccoc3)C2)n1. The first-order valence-corrected chi connectivity index (χ1v) is 11.2. The molecule has 0 radical (unpaired) electrons. The number of esters is 1. The van der Waals surface area contributed by atoms with Crippen molar-refractivity contribution in [3.8, 4) is 11.1 Å². The van der Waals surface area contributed by atoms with Crippen molar-refractivity contribution < 1.29 is 23.1 Å². The number of carbonyl (C=O) groups is 2. The Labute approximate surface area is 189 Å². The van der Waals surface area contributed by atoms with E-state index in [0.717, 1.165) is 29.7 Å². The van der Waals surface area contributed by atoms with Gasteiger partial charge in [0.05, 0.1) is 30.4 Å². The van der Waals surface area contributed by atoms with Gasteiger partial charge < -0.3 is 14.1 Å². The summed E-state index contributed by atoms with van der Waals surface area (Å²) >= 11 is 1.19. The number of benzene rings is 1. The highest BCUT2D eigenvalue weighted by atomic mass is 32.2. The van der Waals surface area contributed by atoms with Crippen LogP contribution in [0.25, 0.3) is 11.1 Å². The van der Waals surface area contributed by atoms with Crippen LogP contribution in [-0.4, -0.2) is 52.7 Å². The highest BCUT2D eigenvalue weighted by Gasteiger charge is 2.29.